The maximum absolute atomic E-state index is 13.7. The fourth-order valence-electron chi connectivity index (χ4n) is 5.88. The quantitative estimate of drug-likeness (QED) is 0.196. The first-order valence-electron chi connectivity index (χ1n) is 14.4. The van der Waals surface area contributed by atoms with Gasteiger partial charge in [0, 0.05) is 49.1 Å². The van der Waals surface area contributed by atoms with Gasteiger partial charge in [0.25, 0.3) is 0 Å². The molecule has 1 aliphatic heterocycles. The number of hydrogen-bond acceptors (Lipinski definition) is 2. The molecule has 1 amide bonds. The van der Waals surface area contributed by atoms with Crippen molar-refractivity contribution >= 4 is 16.8 Å². The summed E-state index contributed by atoms with van der Waals surface area (Å²) in [5.74, 6) is 0.988. The van der Waals surface area contributed by atoms with Gasteiger partial charge in [0.15, 0.2) is 0 Å². The van der Waals surface area contributed by atoms with Crippen LogP contribution in [0.4, 0.5) is 0 Å². The number of carbonyl (C=O) groups excluding carboxylic acids is 1. The fourth-order valence-corrected chi connectivity index (χ4v) is 5.88. The lowest BCUT2D eigenvalue weighted by Crippen LogP contribution is -2.36. The number of carbonyl (C=O) groups is 1. The smallest absolute Gasteiger partial charge is 0.223 e. The molecule has 0 N–H and O–H groups in total. The van der Waals surface area contributed by atoms with Crippen LogP contribution in [0.5, 0.6) is 5.75 Å². The van der Waals surface area contributed by atoms with Crippen molar-refractivity contribution < 1.29 is 9.53 Å². The standard InChI is InChI=1S/C36H36N2O2/c39-36(37-21-10-3-11-22-37)24-33(30-17-12-18-31(23-30)40-27-29-15-6-2-7-16-29)34-26-38(25-28-13-4-1-5-14-28)35-20-9-8-19-32(34)35/h1-2,4-9,12-20,23,26,33H,3,10-11,21-22,24-25,27H2. The lowest BCUT2D eigenvalue weighted by molar-refractivity contribution is -0.132. The Morgan fingerprint density at radius 1 is 0.750 bits per heavy atom. The summed E-state index contributed by atoms with van der Waals surface area (Å²) in [6.45, 7) is 3.02. The Balaban J connectivity index is 1.36. The molecule has 202 valence electrons. The zero-order chi connectivity index (χ0) is 27.1. The first kappa shape index (κ1) is 25.9. The Morgan fingerprint density at radius 3 is 2.23 bits per heavy atom. The third-order valence-corrected chi connectivity index (χ3v) is 7.99. The van der Waals surface area contributed by atoms with Gasteiger partial charge in [-0.25, -0.2) is 0 Å². The fraction of sp³-hybridized carbons (Fsp3) is 0.250. The number of piperidine rings is 1. The van der Waals surface area contributed by atoms with Crippen LogP contribution in [0.25, 0.3) is 10.9 Å². The molecule has 0 radical (unpaired) electrons. The number of hydrogen-bond donors (Lipinski definition) is 0. The summed E-state index contributed by atoms with van der Waals surface area (Å²) < 4.78 is 8.54. The van der Waals surface area contributed by atoms with Crippen LogP contribution in [0.1, 0.15) is 53.9 Å². The molecule has 6 rings (SSSR count). The predicted octanol–water partition coefficient (Wildman–Crippen LogP) is 7.80. The van der Waals surface area contributed by atoms with Crippen molar-refractivity contribution in [3.63, 3.8) is 0 Å². The van der Waals surface area contributed by atoms with Crippen LogP contribution in [0.3, 0.4) is 0 Å². The molecule has 2 heterocycles. The van der Waals surface area contributed by atoms with Crippen LogP contribution >= 0.6 is 0 Å². The second-order valence-electron chi connectivity index (χ2n) is 10.8. The topological polar surface area (TPSA) is 34.5 Å². The van der Waals surface area contributed by atoms with E-state index < -0.39 is 0 Å². The summed E-state index contributed by atoms with van der Waals surface area (Å²) >= 11 is 0. The van der Waals surface area contributed by atoms with Crippen molar-refractivity contribution in [1.29, 1.82) is 0 Å². The van der Waals surface area contributed by atoms with E-state index in [1.165, 1.54) is 28.5 Å². The van der Waals surface area contributed by atoms with Gasteiger partial charge in [-0.3, -0.25) is 4.79 Å². The average Bonchev–Trinajstić information content (AvgIpc) is 3.38. The van der Waals surface area contributed by atoms with Gasteiger partial charge in [-0.05, 0) is 59.7 Å². The van der Waals surface area contributed by atoms with Crippen molar-refractivity contribution in [3.8, 4) is 5.75 Å². The summed E-state index contributed by atoms with van der Waals surface area (Å²) in [4.78, 5) is 15.7. The van der Waals surface area contributed by atoms with Crippen LogP contribution in [0.15, 0.2) is 115 Å². The van der Waals surface area contributed by atoms with Gasteiger partial charge < -0.3 is 14.2 Å². The van der Waals surface area contributed by atoms with E-state index in [-0.39, 0.29) is 11.8 Å². The molecule has 0 spiro atoms. The summed E-state index contributed by atoms with van der Waals surface area (Å²) in [6.07, 6.45) is 6.11. The largest absolute Gasteiger partial charge is 0.489 e. The van der Waals surface area contributed by atoms with Crippen LogP contribution in [-0.2, 0) is 17.9 Å². The van der Waals surface area contributed by atoms with Crippen molar-refractivity contribution in [3.05, 3.63) is 138 Å². The van der Waals surface area contributed by atoms with E-state index in [1.54, 1.807) is 0 Å². The molecule has 0 aliphatic carbocycles. The number of ether oxygens (including phenoxy) is 1. The van der Waals surface area contributed by atoms with Crippen LogP contribution in [0.2, 0.25) is 0 Å². The number of benzene rings is 4. The highest BCUT2D eigenvalue weighted by Gasteiger charge is 2.26. The molecule has 4 nitrogen and oxygen atoms in total. The zero-order valence-electron chi connectivity index (χ0n) is 22.9. The van der Waals surface area contributed by atoms with Gasteiger partial charge >= 0.3 is 0 Å². The maximum Gasteiger partial charge on any atom is 0.223 e. The van der Waals surface area contributed by atoms with Gasteiger partial charge in [0.1, 0.15) is 12.4 Å². The molecule has 0 bridgehead atoms. The van der Waals surface area contributed by atoms with Crippen molar-refractivity contribution in [2.75, 3.05) is 13.1 Å². The zero-order valence-corrected chi connectivity index (χ0v) is 22.9. The molecule has 40 heavy (non-hydrogen) atoms. The van der Waals surface area contributed by atoms with Gasteiger partial charge in [0.2, 0.25) is 5.91 Å². The van der Waals surface area contributed by atoms with Gasteiger partial charge in [-0.2, -0.15) is 0 Å². The van der Waals surface area contributed by atoms with E-state index in [1.807, 2.05) is 24.3 Å². The molecule has 1 aromatic heterocycles. The lowest BCUT2D eigenvalue weighted by atomic mass is 9.87. The van der Waals surface area contributed by atoms with Crippen molar-refractivity contribution in [2.45, 2.75) is 44.8 Å². The van der Waals surface area contributed by atoms with E-state index in [4.69, 9.17) is 4.74 Å². The number of para-hydroxylation sites is 1. The number of fused-ring (bicyclic) bond motifs is 1. The Labute approximate surface area is 236 Å². The third-order valence-electron chi connectivity index (χ3n) is 7.99. The first-order chi connectivity index (χ1) is 19.7. The van der Waals surface area contributed by atoms with Gasteiger partial charge in [0.05, 0.1) is 0 Å². The van der Waals surface area contributed by atoms with E-state index in [9.17, 15) is 4.79 Å². The number of nitrogens with zero attached hydrogens (tertiary/aromatic N) is 2. The van der Waals surface area contributed by atoms with E-state index in [0.29, 0.717) is 13.0 Å². The highest BCUT2D eigenvalue weighted by molar-refractivity contribution is 5.87. The van der Waals surface area contributed by atoms with Crippen molar-refractivity contribution in [1.82, 2.24) is 9.47 Å². The first-order valence-corrected chi connectivity index (χ1v) is 14.4. The molecule has 1 aliphatic rings. The summed E-state index contributed by atoms with van der Waals surface area (Å²) in [5.41, 5.74) is 5.88. The molecule has 4 aromatic carbocycles. The number of amides is 1. The monoisotopic (exact) mass is 528 g/mol. The van der Waals surface area contributed by atoms with Crippen LogP contribution < -0.4 is 4.74 Å². The Hall–Kier alpha value is -4.31. The molecule has 5 aromatic rings. The second kappa shape index (κ2) is 12.3. The molecule has 1 saturated heterocycles. The van der Waals surface area contributed by atoms with E-state index in [0.717, 1.165) is 49.4 Å². The van der Waals surface area contributed by atoms with Crippen molar-refractivity contribution in [2.24, 2.45) is 0 Å². The lowest BCUT2D eigenvalue weighted by Gasteiger charge is -2.29. The Kier molecular flexibility index (Phi) is 7.95. The second-order valence-corrected chi connectivity index (χ2v) is 10.8. The molecule has 0 saturated carbocycles. The van der Waals surface area contributed by atoms with Crippen LogP contribution in [-0.4, -0.2) is 28.5 Å². The number of likely N-dealkylation sites (tertiary alicyclic amines) is 1. The Bertz CT molecular complexity index is 1550. The highest BCUT2D eigenvalue weighted by atomic mass is 16.5. The minimum Gasteiger partial charge on any atom is -0.489 e. The SMILES string of the molecule is O=C(CC(c1cccc(OCc2ccccc2)c1)c1cn(Cc2ccccc2)c2ccccc12)N1CCCCC1. The molecule has 4 heteroatoms. The molecule has 1 fully saturated rings. The molecular weight excluding hydrogens is 492 g/mol. The normalized spacial score (nSPS) is 14.2. The highest BCUT2D eigenvalue weighted by Crippen LogP contribution is 2.37. The minimum atomic E-state index is -0.0726. The van der Waals surface area contributed by atoms with E-state index in [2.05, 4.69) is 101 Å². The van der Waals surface area contributed by atoms with Gasteiger partial charge in [-0.1, -0.05) is 91.0 Å². The summed E-state index contributed by atoms with van der Waals surface area (Å²) in [5, 5.41) is 1.20. The average molecular weight is 529 g/mol. The van der Waals surface area contributed by atoms with Crippen LogP contribution in [0, 0.1) is 0 Å². The molecular formula is C36H36N2O2. The van der Waals surface area contributed by atoms with Gasteiger partial charge in [-0.15, -0.1) is 0 Å². The molecule has 1 atom stereocenters. The third kappa shape index (κ3) is 5.96. The minimum absolute atomic E-state index is 0.0726. The number of rotatable bonds is 9. The summed E-state index contributed by atoms with van der Waals surface area (Å²) in [6, 6.07) is 37.7. The number of aromatic nitrogens is 1. The maximum atomic E-state index is 13.7. The predicted molar refractivity (Wildman–Crippen MR) is 162 cm³/mol. The van der Waals surface area contributed by atoms with E-state index >= 15 is 0 Å². The molecule has 1 unspecified atom stereocenters. The summed E-state index contributed by atoms with van der Waals surface area (Å²) in [7, 11) is 0. The Morgan fingerprint density at radius 2 is 1.45 bits per heavy atom.